The summed E-state index contributed by atoms with van der Waals surface area (Å²) in [6, 6.07) is 29.3. The van der Waals surface area contributed by atoms with Gasteiger partial charge in [0.1, 0.15) is 11.5 Å². The minimum absolute atomic E-state index is 0.0861. The number of carbonyl (C=O) groups excluding carboxylic acids is 2. The van der Waals surface area contributed by atoms with Crippen molar-refractivity contribution in [2.45, 2.75) is 9.79 Å². The SMILES string of the molecule is O=C(CS(=O)(=O)c1ccccc1)Nc1ccc(-c2ccc(NC(=O)CS(=O)(=O)c3ccccc3)cc2)cc1. The minimum atomic E-state index is -3.74. The number of hydrogen-bond donors (Lipinski definition) is 2. The Morgan fingerprint density at radius 1 is 0.474 bits per heavy atom. The van der Waals surface area contributed by atoms with Gasteiger partial charge in [-0.25, -0.2) is 16.8 Å². The monoisotopic (exact) mass is 548 g/mol. The molecule has 0 radical (unpaired) electrons. The zero-order chi connectivity index (χ0) is 27.2. The van der Waals surface area contributed by atoms with E-state index in [-0.39, 0.29) is 9.79 Å². The van der Waals surface area contributed by atoms with Crippen LogP contribution in [0.2, 0.25) is 0 Å². The molecule has 8 nitrogen and oxygen atoms in total. The van der Waals surface area contributed by atoms with E-state index in [9.17, 15) is 26.4 Å². The third-order valence-electron chi connectivity index (χ3n) is 5.52. The van der Waals surface area contributed by atoms with Gasteiger partial charge in [-0.15, -0.1) is 0 Å². The maximum atomic E-state index is 12.4. The van der Waals surface area contributed by atoms with Crippen LogP contribution in [-0.2, 0) is 29.3 Å². The largest absolute Gasteiger partial charge is 0.325 e. The number of anilines is 2. The number of rotatable bonds is 9. The fourth-order valence-corrected chi connectivity index (χ4v) is 5.97. The Kier molecular flexibility index (Phi) is 8.04. The molecule has 0 aromatic heterocycles. The molecule has 0 heterocycles. The molecule has 4 rings (SSSR count). The molecule has 0 saturated heterocycles. The van der Waals surface area contributed by atoms with Crippen molar-refractivity contribution < 1.29 is 26.4 Å². The number of amides is 2. The Morgan fingerprint density at radius 2 is 0.789 bits per heavy atom. The van der Waals surface area contributed by atoms with Crippen LogP contribution in [0.15, 0.2) is 119 Å². The molecule has 0 unspecified atom stereocenters. The summed E-state index contributed by atoms with van der Waals surface area (Å²) in [5.41, 5.74) is 2.55. The highest BCUT2D eigenvalue weighted by Gasteiger charge is 2.20. The zero-order valence-corrected chi connectivity index (χ0v) is 21.7. The van der Waals surface area contributed by atoms with Crippen molar-refractivity contribution in [3.8, 4) is 11.1 Å². The van der Waals surface area contributed by atoms with Gasteiger partial charge >= 0.3 is 0 Å². The molecule has 38 heavy (non-hydrogen) atoms. The summed E-state index contributed by atoms with van der Waals surface area (Å²) < 4.78 is 49.5. The highest BCUT2D eigenvalue weighted by molar-refractivity contribution is 7.92. The maximum absolute atomic E-state index is 12.4. The number of hydrogen-bond acceptors (Lipinski definition) is 6. The molecule has 194 valence electrons. The van der Waals surface area contributed by atoms with E-state index in [0.717, 1.165) is 11.1 Å². The summed E-state index contributed by atoms with van der Waals surface area (Å²) in [5.74, 6) is -2.62. The van der Waals surface area contributed by atoms with E-state index in [0.29, 0.717) is 11.4 Å². The first-order valence-corrected chi connectivity index (χ1v) is 14.8. The quantitative estimate of drug-likeness (QED) is 0.323. The van der Waals surface area contributed by atoms with Gasteiger partial charge in [-0.1, -0.05) is 60.7 Å². The Hall–Kier alpha value is -4.28. The first-order valence-electron chi connectivity index (χ1n) is 11.5. The van der Waals surface area contributed by atoms with Crippen LogP contribution in [0, 0.1) is 0 Å². The van der Waals surface area contributed by atoms with Crippen LogP contribution in [0.25, 0.3) is 11.1 Å². The van der Waals surface area contributed by atoms with Gasteiger partial charge < -0.3 is 10.6 Å². The standard InChI is InChI=1S/C28H24N2O6S2/c31-27(19-37(33,34)25-7-3-1-4-8-25)29-23-15-11-21(12-16-23)22-13-17-24(18-14-22)30-28(32)20-38(35,36)26-9-5-2-6-10-26/h1-18H,19-20H2,(H,29,31)(H,30,32). The lowest BCUT2D eigenvalue weighted by atomic mass is 10.0. The second kappa shape index (κ2) is 11.4. The molecule has 2 N–H and O–H groups in total. The Labute approximate surface area is 221 Å². The van der Waals surface area contributed by atoms with Crippen molar-refractivity contribution in [2.24, 2.45) is 0 Å². The lowest BCUT2D eigenvalue weighted by Gasteiger charge is -2.09. The Morgan fingerprint density at radius 3 is 1.11 bits per heavy atom. The number of carbonyl (C=O) groups is 2. The fourth-order valence-electron chi connectivity index (χ4n) is 3.65. The number of benzene rings is 4. The molecule has 0 saturated carbocycles. The lowest BCUT2D eigenvalue weighted by Crippen LogP contribution is -2.23. The van der Waals surface area contributed by atoms with Gasteiger partial charge in [-0.2, -0.15) is 0 Å². The highest BCUT2D eigenvalue weighted by Crippen LogP contribution is 2.24. The first-order chi connectivity index (χ1) is 18.1. The third-order valence-corrected chi connectivity index (χ3v) is 8.78. The molecule has 4 aromatic rings. The summed E-state index contributed by atoms with van der Waals surface area (Å²) in [6.45, 7) is 0. The van der Waals surface area contributed by atoms with Crippen molar-refractivity contribution in [3.05, 3.63) is 109 Å². The lowest BCUT2D eigenvalue weighted by molar-refractivity contribution is -0.114. The van der Waals surface area contributed by atoms with Crippen molar-refractivity contribution >= 4 is 42.9 Å². The van der Waals surface area contributed by atoms with Gasteiger partial charge in [0.05, 0.1) is 9.79 Å². The third kappa shape index (κ3) is 6.93. The van der Waals surface area contributed by atoms with Gasteiger partial charge in [0, 0.05) is 11.4 Å². The summed E-state index contributed by atoms with van der Waals surface area (Å²) >= 11 is 0. The number of sulfone groups is 2. The molecule has 2 amide bonds. The van der Waals surface area contributed by atoms with Crippen LogP contribution >= 0.6 is 0 Å². The van der Waals surface area contributed by atoms with E-state index in [4.69, 9.17) is 0 Å². The molecular weight excluding hydrogens is 524 g/mol. The van der Waals surface area contributed by atoms with Gasteiger partial charge in [-0.05, 0) is 59.7 Å². The van der Waals surface area contributed by atoms with Crippen LogP contribution in [0.4, 0.5) is 11.4 Å². The molecule has 0 aliphatic heterocycles. The van der Waals surface area contributed by atoms with Crippen LogP contribution in [0.3, 0.4) is 0 Å². The van der Waals surface area contributed by atoms with Crippen molar-refractivity contribution in [3.63, 3.8) is 0 Å². The van der Waals surface area contributed by atoms with Crippen molar-refractivity contribution in [1.82, 2.24) is 0 Å². The van der Waals surface area contributed by atoms with Gasteiger partial charge in [0.2, 0.25) is 11.8 Å². The highest BCUT2D eigenvalue weighted by atomic mass is 32.2. The second-order valence-corrected chi connectivity index (χ2v) is 12.4. The molecule has 0 atom stereocenters. The van der Waals surface area contributed by atoms with Crippen LogP contribution in [-0.4, -0.2) is 40.2 Å². The van der Waals surface area contributed by atoms with E-state index in [2.05, 4.69) is 10.6 Å². The molecule has 10 heteroatoms. The van der Waals surface area contributed by atoms with Gasteiger partial charge in [0.25, 0.3) is 0 Å². The van der Waals surface area contributed by atoms with Gasteiger partial charge in [-0.3, -0.25) is 9.59 Å². The van der Waals surface area contributed by atoms with Crippen LogP contribution in [0.1, 0.15) is 0 Å². The fraction of sp³-hybridized carbons (Fsp3) is 0.0714. The normalized spacial score (nSPS) is 11.5. The predicted molar refractivity (Wildman–Crippen MR) is 146 cm³/mol. The average molecular weight is 549 g/mol. The topological polar surface area (TPSA) is 126 Å². The summed E-state index contributed by atoms with van der Waals surface area (Å²) in [6.07, 6.45) is 0. The van der Waals surface area contributed by atoms with E-state index < -0.39 is 43.0 Å². The molecule has 4 aromatic carbocycles. The molecule has 0 aliphatic rings. The zero-order valence-electron chi connectivity index (χ0n) is 20.1. The van der Waals surface area contributed by atoms with Crippen LogP contribution in [0.5, 0.6) is 0 Å². The van der Waals surface area contributed by atoms with E-state index >= 15 is 0 Å². The molecule has 0 fully saturated rings. The smallest absolute Gasteiger partial charge is 0.239 e. The molecule has 0 bridgehead atoms. The summed E-state index contributed by atoms with van der Waals surface area (Å²) in [5, 5.41) is 5.19. The van der Waals surface area contributed by atoms with Crippen LogP contribution < -0.4 is 10.6 Å². The first kappa shape index (κ1) is 26.8. The Bertz CT molecular complexity index is 1510. The van der Waals surface area contributed by atoms with Crippen molar-refractivity contribution in [2.75, 3.05) is 22.1 Å². The molecule has 0 spiro atoms. The second-order valence-electron chi connectivity index (χ2n) is 8.40. The Balaban J connectivity index is 1.34. The number of nitrogens with one attached hydrogen (secondary N) is 2. The average Bonchev–Trinajstić information content (AvgIpc) is 2.90. The van der Waals surface area contributed by atoms with Crippen molar-refractivity contribution in [1.29, 1.82) is 0 Å². The molecule has 0 aliphatic carbocycles. The molecular formula is C28H24N2O6S2. The van der Waals surface area contributed by atoms with E-state index in [1.165, 1.54) is 24.3 Å². The summed E-state index contributed by atoms with van der Waals surface area (Å²) in [7, 11) is -7.49. The van der Waals surface area contributed by atoms with E-state index in [1.807, 2.05) is 0 Å². The predicted octanol–water partition coefficient (Wildman–Crippen LogP) is 4.18. The minimum Gasteiger partial charge on any atom is -0.325 e. The summed E-state index contributed by atoms with van der Waals surface area (Å²) in [4.78, 5) is 24.7. The maximum Gasteiger partial charge on any atom is 0.239 e. The van der Waals surface area contributed by atoms with Gasteiger partial charge in [0.15, 0.2) is 19.7 Å². The van der Waals surface area contributed by atoms with E-state index in [1.54, 1.807) is 84.9 Å².